The molecule has 144 valence electrons. The summed E-state index contributed by atoms with van der Waals surface area (Å²) in [5.41, 5.74) is 0.578. The summed E-state index contributed by atoms with van der Waals surface area (Å²) >= 11 is 0. The molecule has 0 bridgehead atoms. The van der Waals surface area contributed by atoms with E-state index in [0.29, 0.717) is 19.3 Å². The summed E-state index contributed by atoms with van der Waals surface area (Å²) in [6.45, 7) is 4.20. The van der Waals surface area contributed by atoms with Gasteiger partial charge in [0.1, 0.15) is 0 Å². The second-order valence-electron chi connectivity index (χ2n) is 9.53. The SMILES string of the molecule is C[C@]12C[C@H](O)[C@H]3[C@@H](CCC4=CC(=O)CC[C@@]43C)[C@@H]1CC[C@@H]2C(=O)C(O)F. The third-order valence-corrected chi connectivity index (χ3v) is 8.47. The Morgan fingerprint density at radius 2 is 2.00 bits per heavy atom. The number of carbonyl (C=O) groups excluding carboxylic acids is 2. The van der Waals surface area contributed by atoms with Gasteiger partial charge in [0.2, 0.25) is 0 Å². The number of hydrogen-bond acceptors (Lipinski definition) is 4. The lowest BCUT2D eigenvalue weighted by Gasteiger charge is -2.59. The van der Waals surface area contributed by atoms with E-state index in [1.807, 2.05) is 6.92 Å². The van der Waals surface area contributed by atoms with Crippen LogP contribution in [0.4, 0.5) is 4.39 Å². The number of halogens is 1. The Bertz CT molecular complexity index is 671. The standard InChI is InChI=1S/C21H29FO4/c1-20-8-7-12(23)9-11(20)3-4-13-14-5-6-15(18(25)19(22)26)21(14,2)10-16(24)17(13)20/h9,13-17,19,24,26H,3-8,10H2,1-2H3/t13-,14-,15+,16-,17+,19?,20-,21-/m0/s1. The molecule has 4 rings (SSSR count). The van der Waals surface area contributed by atoms with Crippen molar-refractivity contribution in [2.24, 2.45) is 34.5 Å². The van der Waals surface area contributed by atoms with Crippen molar-refractivity contribution < 1.29 is 24.2 Å². The zero-order valence-electron chi connectivity index (χ0n) is 15.6. The highest BCUT2D eigenvalue weighted by molar-refractivity contribution is 5.91. The average Bonchev–Trinajstić information content (AvgIpc) is 2.90. The lowest BCUT2D eigenvalue weighted by Crippen LogP contribution is -2.57. The van der Waals surface area contributed by atoms with E-state index in [9.17, 15) is 24.2 Å². The van der Waals surface area contributed by atoms with E-state index < -0.39 is 29.6 Å². The Morgan fingerprint density at radius 1 is 1.27 bits per heavy atom. The molecule has 0 saturated heterocycles. The van der Waals surface area contributed by atoms with Gasteiger partial charge in [-0.1, -0.05) is 19.4 Å². The molecule has 0 aromatic carbocycles. The normalized spacial score (nSPS) is 48.9. The number of allylic oxidation sites excluding steroid dienone is 1. The maximum atomic E-state index is 13.3. The van der Waals surface area contributed by atoms with E-state index in [4.69, 9.17) is 0 Å². The quantitative estimate of drug-likeness (QED) is 0.790. The number of rotatable bonds is 2. The topological polar surface area (TPSA) is 74.6 Å². The highest BCUT2D eigenvalue weighted by Gasteiger charge is 2.63. The van der Waals surface area contributed by atoms with Crippen LogP contribution in [-0.2, 0) is 9.59 Å². The number of aliphatic hydroxyl groups excluding tert-OH is 2. The molecule has 0 aromatic heterocycles. The van der Waals surface area contributed by atoms with Gasteiger partial charge in [-0.25, -0.2) is 4.39 Å². The van der Waals surface area contributed by atoms with E-state index >= 15 is 0 Å². The minimum absolute atomic E-state index is 0.0952. The maximum absolute atomic E-state index is 13.3. The van der Waals surface area contributed by atoms with Crippen molar-refractivity contribution in [1.82, 2.24) is 0 Å². The number of Topliss-reactive ketones (excluding diaryl/α,β-unsaturated/α-hetero) is 1. The summed E-state index contributed by atoms with van der Waals surface area (Å²) in [5.74, 6) is -0.395. The summed E-state index contributed by atoms with van der Waals surface area (Å²) in [4.78, 5) is 24.1. The van der Waals surface area contributed by atoms with Gasteiger partial charge < -0.3 is 10.2 Å². The van der Waals surface area contributed by atoms with Crippen molar-refractivity contribution in [3.05, 3.63) is 11.6 Å². The molecule has 3 saturated carbocycles. The Balaban J connectivity index is 1.69. The van der Waals surface area contributed by atoms with Crippen molar-refractivity contribution in [2.75, 3.05) is 0 Å². The molecular formula is C21H29FO4. The van der Waals surface area contributed by atoms with Crippen molar-refractivity contribution >= 4 is 11.6 Å². The first-order valence-corrected chi connectivity index (χ1v) is 9.96. The Labute approximate surface area is 153 Å². The first-order valence-electron chi connectivity index (χ1n) is 9.96. The summed E-state index contributed by atoms with van der Waals surface area (Å²) in [7, 11) is 0. The van der Waals surface area contributed by atoms with Crippen LogP contribution in [0, 0.1) is 34.5 Å². The number of carbonyl (C=O) groups is 2. The lowest BCUT2D eigenvalue weighted by molar-refractivity contribution is -0.156. The van der Waals surface area contributed by atoms with Gasteiger partial charge in [-0.3, -0.25) is 9.59 Å². The van der Waals surface area contributed by atoms with Crippen LogP contribution in [0.2, 0.25) is 0 Å². The second kappa shape index (κ2) is 5.96. The Morgan fingerprint density at radius 3 is 2.69 bits per heavy atom. The molecule has 4 aliphatic rings. The van der Waals surface area contributed by atoms with Crippen molar-refractivity contribution in [3.63, 3.8) is 0 Å². The predicted molar refractivity (Wildman–Crippen MR) is 93.7 cm³/mol. The Hall–Kier alpha value is -1.07. The van der Waals surface area contributed by atoms with Crippen molar-refractivity contribution in [3.8, 4) is 0 Å². The second-order valence-corrected chi connectivity index (χ2v) is 9.53. The fourth-order valence-electron chi connectivity index (χ4n) is 7.32. The highest BCUT2D eigenvalue weighted by atomic mass is 19.1. The van der Waals surface area contributed by atoms with Gasteiger partial charge in [-0.15, -0.1) is 0 Å². The summed E-state index contributed by atoms with van der Waals surface area (Å²) < 4.78 is 13.3. The summed E-state index contributed by atoms with van der Waals surface area (Å²) in [5, 5.41) is 20.3. The highest BCUT2D eigenvalue weighted by Crippen LogP contribution is 2.66. The third kappa shape index (κ3) is 2.39. The van der Waals surface area contributed by atoms with Crippen LogP contribution < -0.4 is 0 Å². The predicted octanol–water partition coefficient (Wildman–Crippen LogP) is 2.96. The van der Waals surface area contributed by atoms with Crippen LogP contribution in [-0.4, -0.2) is 34.2 Å². The zero-order valence-corrected chi connectivity index (χ0v) is 15.6. The number of fused-ring (bicyclic) bond motifs is 5. The third-order valence-electron chi connectivity index (χ3n) is 8.47. The minimum atomic E-state index is -2.42. The number of aliphatic hydroxyl groups is 2. The molecule has 0 aromatic rings. The van der Waals surface area contributed by atoms with Gasteiger partial charge in [0, 0.05) is 12.3 Å². The van der Waals surface area contributed by atoms with Crippen molar-refractivity contribution in [1.29, 1.82) is 0 Å². The van der Waals surface area contributed by atoms with E-state index in [-0.39, 0.29) is 29.0 Å². The first-order chi connectivity index (χ1) is 12.2. The zero-order chi connectivity index (χ0) is 18.9. The van der Waals surface area contributed by atoms with Crippen LogP contribution in [0.3, 0.4) is 0 Å². The van der Waals surface area contributed by atoms with Crippen molar-refractivity contribution in [2.45, 2.75) is 71.3 Å². The first kappa shape index (κ1) is 18.3. The molecule has 8 atom stereocenters. The van der Waals surface area contributed by atoms with Gasteiger partial charge in [0.05, 0.1) is 6.10 Å². The van der Waals surface area contributed by atoms with Gasteiger partial charge >= 0.3 is 0 Å². The minimum Gasteiger partial charge on any atom is -0.393 e. The van der Waals surface area contributed by atoms with Crippen LogP contribution >= 0.6 is 0 Å². The average molecular weight is 364 g/mol. The maximum Gasteiger partial charge on any atom is 0.256 e. The Kier molecular flexibility index (Phi) is 4.20. The monoisotopic (exact) mass is 364 g/mol. The largest absolute Gasteiger partial charge is 0.393 e. The molecule has 0 heterocycles. The lowest BCUT2D eigenvalue weighted by atomic mass is 9.46. The van der Waals surface area contributed by atoms with E-state index in [1.54, 1.807) is 6.08 Å². The molecule has 4 aliphatic carbocycles. The fraction of sp³-hybridized carbons (Fsp3) is 0.810. The molecule has 0 spiro atoms. The van der Waals surface area contributed by atoms with Gasteiger partial charge in [-0.2, -0.15) is 0 Å². The molecule has 5 heteroatoms. The molecule has 2 N–H and O–H groups in total. The number of hydrogen-bond donors (Lipinski definition) is 2. The summed E-state index contributed by atoms with van der Waals surface area (Å²) in [6.07, 6.45) is 3.83. The van der Waals surface area contributed by atoms with Gasteiger partial charge in [0.25, 0.3) is 6.36 Å². The smallest absolute Gasteiger partial charge is 0.256 e. The van der Waals surface area contributed by atoms with E-state index in [2.05, 4.69) is 6.92 Å². The molecular weight excluding hydrogens is 335 g/mol. The van der Waals surface area contributed by atoms with Gasteiger partial charge in [0.15, 0.2) is 11.6 Å². The molecule has 0 amide bonds. The van der Waals surface area contributed by atoms with E-state index in [1.165, 1.54) is 5.57 Å². The molecule has 0 aliphatic heterocycles. The molecule has 4 nitrogen and oxygen atoms in total. The van der Waals surface area contributed by atoms with E-state index in [0.717, 1.165) is 25.7 Å². The summed E-state index contributed by atoms with van der Waals surface area (Å²) in [6, 6.07) is 0. The molecule has 26 heavy (non-hydrogen) atoms. The number of alkyl halides is 1. The van der Waals surface area contributed by atoms with Gasteiger partial charge in [-0.05, 0) is 73.2 Å². The number of ketones is 2. The van der Waals surface area contributed by atoms with Crippen LogP contribution in [0.1, 0.15) is 58.8 Å². The molecule has 1 unspecified atom stereocenters. The fourth-order valence-corrected chi connectivity index (χ4v) is 7.32. The van der Waals surface area contributed by atoms with Crippen LogP contribution in [0.15, 0.2) is 11.6 Å². The van der Waals surface area contributed by atoms with Crippen LogP contribution in [0.5, 0.6) is 0 Å². The molecule has 3 fully saturated rings. The van der Waals surface area contributed by atoms with Crippen LogP contribution in [0.25, 0.3) is 0 Å². The molecule has 0 radical (unpaired) electrons.